The summed E-state index contributed by atoms with van der Waals surface area (Å²) in [5.41, 5.74) is 0. The molecule has 1 unspecified atom stereocenters. The summed E-state index contributed by atoms with van der Waals surface area (Å²) in [7, 11) is -4.40. The zero-order valence-corrected chi connectivity index (χ0v) is 6.99. The van der Waals surface area contributed by atoms with Crippen molar-refractivity contribution in [2.75, 3.05) is 6.61 Å². The summed E-state index contributed by atoms with van der Waals surface area (Å²) in [5, 5.41) is 8.34. The van der Waals surface area contributed by atoms with Gasteiger partial charge in [0.15, 0.2) is 0 Å². The number of phosphoric ester groups is 1. The highest BCUT2D eigenvalue weighted by Crippen LogP contribution is 2.36. The van der Waals surface area contributed by atoms with Crippen molar-refractivity contribution in [1.82, 2.24) is 0 Å². The van der Waals surface area contributed by atoms with Crippen molar-refractivity contribution in [3.8, 4) is 6.07 Å². The van der Waals surface area contributed by atoms with Gasteiger partial charge in [0.05, 0.1) is 18.6 Å². The molecule has 0 aromatic carbocycles. The highest BCUT2D eigenvalue weighted by Gasteiger charge is 2.16. The summed E-state index contributed by atoms with van der Waals surface area (Å²) >= 11 is 0. The molecule has 2 N–H and O–H groups in total. The maximum atomic E-state index is 10.1. The number of hydrogen-bond acceptors (Lipinski definition) is 3. The van der Waals surface area contributed by atoms with Crippen LogP contribution in [-0.4, -0.2) is 16.4 Å². The summed E-state index contributed by atoms with van der Waals surface area (Å²) in [6.45, 7) is 1.54. The lowest BCUT2D eigenvalue weighted by Crippen LogP contribution is -2.04. The molecule has 0 saturated heterocycles. The molecule has 0 fully saturated rings. The van der Waals surface area contributed by atoms with Gasteiger partial charge in [-0.25, -0.2) is 4.57 Å². The van der Waals surface area contributed by atoms with Crippen molar-refractivity contribution in [1.29, 1.82) is 5.26 Å². The Bertz CT molecular complexity index is 193. The van der Waals surface area contributed by atoms with Crippen LogP contribution in [0.3, 0.4) is 0 Å². The molecule has 5 nitrogen and oxygen atoms in total. The van der Waals surface area contributed by atoms with Gasteiger partial charge < -0.3 is 9.79 Å². The average Bonchev–Trinajstić information content (AvgIpc) is 1.88. The van der Waals surface area contributed by atoms with E-state index in [1.54, 1.807) is 6.92 Å². The Morgan fingerprint density at radius 3 is 2.55 bits per heavy atom. The van der Waals surface area contributed by atoms with E-state index < -0.39 is 13.7 Å². The van der Waals surface area contributed by atoms with Gasteiger partial charge in [-0.2, -0.15) is 5.26 Å². The van der Waals surface area contributed by atoms with E-state index in [4.69, 9.17) is 15.0 Å². The van der Waals surface area contributed by atoms with Crippen LogP contribution >= 0.6 is 7.82 Å². The van der Waals surface area contributed by atoms with E-state index in [0.717, 1.165) is 0 Å². The Balaban J connectivity index is 3.71. The molecule has 0 heterocycles. The fourth-order valence-corrected chi connectivity index (χ4v) is 0.808. The van der Waals surface area contributed by atoms with E-state index in [2.05, 4.69) is 4.52 Å². The number of phosphoric acid groups is 1. The maximum absolute atomic E-state index is 10.1. The highest BCUT2D eigenvalue weighted by molar-refractivity contribution is 7.46. The number of nitriles is 1. The molecule has 64 valence electrons. The minimum Gasteiger partial charge on any atom is -0.303 e. The van der Waals surface area contributed by atoms with E-state index in [9.17, 15) is 4.57 Å². The van der Waals surface area contributed by atoms with Crippen LogP contribution in [0.15, 0.2) is 0 Å². The molecule has 0 aliphatic heterocycles. The van der Waals surface area contributed by atoms with Crippen molar-refractivity contribution in [3.05, 3.63) is 0 Å². The molecular formula is C5H10NO4P. The van der Waals surface area contributed by atoms with E-state index in [1.807, 2.05) is 6.07 Å². The van der Waals surface area contributed by atoms with Gasteiger partial charge in [0.25, 0.3) is 0 Å². The monoisotopic (exact) mass is 179 g/mol. The van der Waals surface area contributed by atoms with Gasteiger partial charge in [-0.3, -0.25) is 4.52 Å². The summed E-state index contributed by atoms with van der Waals surface area (Å²) in [6, 6.07) is 1.86. The van der Waals surface area contributed by atoms with Crippen molar-refractivity contribution in [2.45, 2.75) is 13.3 Å². The highest BCUT2D eigenvalue weighted by atomic mass is 31.2. The Labute approximate surface area is 64.8 Å². The molecule has 0 spiro atoms. The third kappa shape index (κ3) is 6.02. The Kier molecular flexibility index (Phi) is 4.31. The van der Waals surface area contributed by atoms with Crippen LogP contribution in [0.4, 0.5) is 0 Å². The summed E-state index contributed by atoms with van der Waals surface area (Å²) in [6.07, 6.45) is 0.524. The lowest BCUT2D eigenvalue weighted by atomic mass is 10.1. The van der Waals surface area contributed by atoms with Crippen LogP contribution in [-0.2, 0) is 9.09 Å². The molecule has 0 aliphatic rings. The van der Waals surface area contributed by atoms with E-state index in [-0.39, 0.29) is 6.61 Å². The second-order valence-electron chi connectivity index (χ2n) is 2.02. The molecule has 0 aliphatic carbocycles. The zero-order chi connectivity index (χ0) is 8.91. The fraction of sp³-hybridized carbons (Fsp3) is 0.800. The topological polar surface area (TPSA) is 90.5 Å². The third-order valence-corrected chi connectivity index (χ3v) is 1.60. The van der Waals surface area contributed by atoms with Crippen LogP contribution in [0, 0.1) is 17.2 Å². The lowest BCUT2D eigenvalue weighted by Gasteiger charge is -2.07. The molecule has 0 saturated carbocycles. The molecule has 0 radical (unpaired) electrons. The first kappa shape index (κ1) is 10.6. The Hall–Kier alpha value is -0.400. The predicted molar refractivity (Wildman–Crippen MR) is 37.4 cm³/mol. The average molecular weight is 179 g/mol. The van der Waals surface area contributed by atoms with Gasteiger partial charge in [0.2, 0.25) is 0 Å². The Morgan fingerprint density at radius 2 is 2.27 bits per heavy atom. The molecule has 6 heteroatoms. The van der Waals surface area contributed by atoms with Crippen LogP contribution in [0.1, 0.15) is 13.3 Å². The van der Waals surface area contributed by atoms with Crippen molar-refractivity contribution < 1.29 is 18.9 Å². The molecular weight excluding hydrogens is 169 g/mol. The molecule has 0 aromatic heterocycles. The van der Waals surface area contributed by atoms with Gasteiger partial charge in [-0.05, 0) is 6.42 Å². The first-order chi connectivity index (χ1) is 4.99. The van der Waals surface area contributed by atoms with Crippen LogP contribution in [0.25, 0.3) is 0 Å². The molecule has 0 rings (SSSR count). The van der Waals surface area contributed by atoms with Gasteiger partial charge in [-0.15, -0.1) is 0 Å². The van der Waals surface area contributed by atoms with Crippen molar-refractivity contribution in [2.24, 2.45) is 5.92 Å². The maximum Gasteiger partial charge on any atom is 0.469 e. The lowest BCUT2D eigenvalue weighted by molar-refractivity contribution is 0.180. The van der Waals surface area contributed by atoms with Crippen LogP contribution < -0.4 is 0 Å². The first-order valence-electron chi connectivity index (χ1n) is 3.09. The fourth-order valence-electron chi connectivity index (χ4n) is 0.433. The largest absolute Gasteiger partial charge is 0.469 e. The molecule has 1 atom stereocenters. The minimum absolute atomic E-state index is 0.211. The number of rotatable bonds is 4. The number of hydrogen-bond donors (Lipinski definition) is 2. The summed E-state index contributed by atoms with van der Waals surface area (Å²) < 4.78 is 14.2. The second kappa shape index (κ2) is 4.47. The first-order valence-corrected chi connectivity index (χ1v) is 4.62. The second-order valence-corrected chi connectivity index (χ2v) is 3.26. The third-order valence-electron chi connectivity index (χ3n) is 1.12. The van der Waals surface area contributed by atoms with Gasteiger partial charge in [-0.1, -0.05) is 6.92 Å². The predicted octanol–water partition coefficient (Wildman–Crippen LogP) is 0.645. The van der Waals surface area contributed by atoms with E-state index in [0.29, 0.717) is 6.42 Å². The van der Waals surface area contributed by atoms with Crippen LogP contribution in [0.2, 0.25) is 0 Å². The summed E-state index contributed by atoms with van der Waals surface area (Å²) in [4.78, 5) is 16.5. The van der Waals surface area contributed by atoms with Gasteiger partial charge in [0, 0.05) is 0 Å². The smallest absolute Gasteiger partial charge is 0.303 e. The molecule has 0 aromatic rings. The van der Waals surface area contributed by atoms with E-state index in [1.165, 1.54) is 0 Å². The molecule has 11 heavy (non-hydrogen) atoms. The zero-order valence-electron chi connectivity index (χ0n) is 6.10. The minimum atomic E-state index is -4.40. The standard InChI is InChI=1S/C5H10NO4P/c1-2-5(3-6)4-10-11(7,8)9/h5H,2,4H2,1H3,(H2,7,8,9). The van der Waals surface area contributed by atoms with Crippen LogP contribution in [0.5, 0.6) is 0 Å². The van der Waals surface area contributed by atoms with Gasteiger partial charge in [0.1, 0.15) is 0 Å². The normalized spacial score (nSPS) is 14.0. The summed E-state index contributed by atoms with van der Waals surface area (Å²) in [5.74, 6) is -0.442. The Morgan fingerprint density at radius 1 is 1.73 bits per heavy atom. The van der Waals surface area contributed by atoms with Gasteiger partial charge >= 0.3 is 7.82 Å². The SMILES string of the molecule is CCC(C#N)COP(=O)(O)O. The molecule has 0 bridgehead atoms. The quantitative estimate of drug-likeness (QED) is 0.618. The number of nitrogens with zero attached hydrogens (tertiary/aromatic N) is 1. The van der Waals surface area contributed by atoms with Crippen molar-refractivity contribution >= 4 is 7.82 Å². The van der Waals surface area contributed by atoms with E-state index >= 15 is 0 Å². The van der Waals surface area contributed by atoms with Crippen molar-refractivity contribution in [3.63, 3.8) is 0 Å². The molecule has 0 amide bonds.